The minimum atomic E-state index is -1.48. The number of nitrogens with zero attached hydrogens (tertiary/aromatic N) is 3. The first-order valence-corrected chi connectivity index (χ1v) is 5.15. The van der Waals surface area contributed by atoms with Crippen LogP contribution in [-0.4, -0.2) is 45.1 Å². The number of hydrogen-bond acceptors (Lipinski definition) is 5. The van der Waals surface area contributed by atoms with Gasteiger partial charge in [0, 0.05) is 17.9 Å². The Balaban J connectivity index is 1.97. The van der Waals surface area contributed by atoms with E-state index >= 15 is 0 Å². The smallest absolute Gasteiger partial charge is 0.423 e. The van der Waals surface area contributed by atoms with Crippen LogP contribution >= 0.6 is 0 Å². The molecule has 1 aliphatic heterocycles. The second-order valence-corrected chi connectivity index (χ2v) is 3.79. The molecule has 0 aromatic carbocycles. The lowest BCUT2D eigenvalue weighted by Gasteiger charge is -2.12. The highest BCUT2D eigenvalue weighted by Crippen LogP contribution is 2.09. The van der Waals surface area contributed by atoms with E-state index in [9.17, 15) is 0 Å². The lowest BCUT2D eigenvalue weighted by molar-refractivity contribution is 0.322. The molecule has 6 heteroatoms. The standard InChI is InChI=1S/C9H14BN3O2/c14-10(15)8-5-11-9(12-6-8)7-13-3-1-2-4-13/h5-6,14-15H,1-4,7H2. The van der Waals surface area contributed by atoms with Gasteiger partial charge in [0.05, 0.1) is 6.54 Å². The Kier molecular flexibility index (Phi) is 3.30. The average molecular weight is 207 g/mol. The molecule has 0 unspecified atom stereocenters. The van der Waals surface area contributed by atoms with Crippen molar-refractivity contribution in [3.63, 3.8) is 0 Å². The molecule has 1 aliphatic rings. The Morgan fingerprint density at radius 1 is 1.20 bits per heavy atom. The van der Waals surface area contributed by atoms with E-state index in [1.54, 1.807) is 0 Å². The Hall–Kier alpha value is -0.975. The van der Waals surface area contributed by atoms with Crippen molar-refractivity contribution in [2.75, 3.05) is 13.1 Å². The first kappa shape index (κ1) is 10.5. The molecule has 1 fully saturated rings. The van der Waals surface area contributed by atoms with Crippen LogP contribution in [0, 0.1) is 0 Å². The summed E-state index contributed by atoms with van der Waals surface area (Å²) in [4.78, 5) is 10.5. The maximum absolute atomic E-state index is 8.86. The molecular formula is C9H14BN3O2. The largest absolute Gasteiger partial charge is 0.491 e. The molecule has 5 nitrogen and oxygen atoms in total. The third-order valence-electron chi connectivity index (χ3n) is 2.59. The summed E-state index contributed by atoms with van der Waals surface area (Å²) < 4.78 is 0. The predicted octanol–water partition coefficient (Wildman–Crippen LogP) is -1.25. The number of likely N-dealkylation sites (tertiary alicyclic amines) is 1. The molecule has 1 aromatic rings. The van der Waals surface area contributed by atoms with Crippen molar-refractivity contribution in [3.8, 4) is 0 Å². The van der Waals surface area contributed by atoms with Gasteiger partial charge in [-0.25, -0.2) is 9.97 Å². The zero-order valence-corrected chi connectivity index (χ0v) is 8.50. The molecule has 1 aromatic heterocycles. The van der Waals surface area contributed by atoms with Crippen LogP contribution < -0.4 is 5.46 Å². The van der Waals surface area contributed by atoms with Crippen LogP contribution in [0.1, 0.15) is 18.7 Å². The van der Waals surface area contributed by atoms with Gasteiger partial charge in [-0.05, 0) is 25.9 Å². The number of hydrogen-bond donors (Lipinski definition) is 2. The van der Waals surface area contributed by atoms with Crippen LogP contribution in [0.15, 0.2) is 12.4 Å². The fraction of sp³-hybridized carbons (Fsp3) is 0.556. The van der Waals surface area contributed by atoms with Gasteiger partial charge in [0.15, 0.2) is 0 Å². The molecule has 80 valence electrons. The van der Waals surface area contributed by atoms with E-state index < -0.39 is 7.12 Å². The van der Waals surface area contributed by atoms with E-state index in [2.05, 4.69) is 14.9 Å². The van der Waals surface area contributed by atoms with Gasteiger partial charge in [-0.15, -0.1) is 0 Å². The minimum absolute atomic E-state index is 0.333. The van der Waals surface area contributed by atoms with E-state index in [1.165, 1.54) is 25.2 Å². The van der Waals surface area contributed by atoms with Gasteiger partial charge < -0.3 is 10.0 Å². The van der Waals surface area contributed by atoms with Crippen molar-refractivity contribution < 1.29 is 10.0 Å². The zero-order valence-electron chi connectivity index (χ0n) is 8.50. The molecule has 15 heavy (non-hydrogen) atoms. The third kappa shape index (κ3) is 2.74. The maximum atomic E-state index is 8.86. The van der Waals surface area contributed by atoms with E-state index in [1.807, 2.05) is 0 Å². The molecule has 0 radical (unpaired) electrons. The molecule has 0 atom stereocenters. The second-order valence-electron chi connectivity index (χ2n) is 3.79. The lowest BCUT2D eigenvalue weighted by Crippen LogP contribution is -2.31. The Morgan fingerprint density at radius 2 is 1.80 bits per heavy atom. The average Bonchev–Trinajstić information content (AvgIpc) is 2.71. The van der Waals surface area contributed by atoms with E-state index in [0.717, 1.165) is 25.5 Å². The fourth-order valence-corrected chi connectivity index (χ4v) is 1.72. The van der Waals surface area contributed by atoms with Gasteiger partial charge in [-0.1, -0.05) is 0 Å². The second kappa shape index (κ2) is 4.70. The summed E-state index contributed by atoms with van der Waals surface area (Å²) >= 11 is 0. The maximum Gasteiger partial charge on any atom is 0.491 e. The molecule has 2 heterocycles. The molecule has 0 aliphatic carbocycles. The van der Waals surface area contributed by atoms with Crippen molar-refractivity contribution in [2.45, 2.75) is 19.4 Å². The number of rotatable bonds is 3. The van der Waals surface area contributed by atoms with Crippen molar-refractivity contribution in [1.29, 1.82) is 0 Å². The Labute approximate surface area is 88.9 Å². The van der Waals surface area contributed by atoms with Crippen LogP contribution in [0.5, 0.6) is 0 Å². The van der Waals surface area contributed by atoms with Gasteiger partial charge in [0.2, 0.25) is 0 Å². The van der Waals surface area contributed by atoms with Crippen LogP contribution in [0.2, 0.25) is 0 Å². The number of aromatic nitrogens is 2. The van der Waals surface area contributed by atoms with Gasteiger partial charge in [0.25, 0.3) is 0 Å². The molecule has 2 N–H and O–H groups in total. The van der Waals surface area contributed by atoms with Crippen molar-refractivity contribution in [3.05, 3.63) is 18.2 Å². The molecular weight excluding hydrogens is 193 g/mol. The summed E-state index contributed by atoms with van der Waals surface area (Å²) in [5.74, 6) is 0.737. The summed E-state index contributed by atoms with van der Waals surface area (Å²) in [7, 11) is -1.48. The normalized spacial score (nSPS) is 16.9. The Morgan fingerprint density at radius 3 is 2.33 bits per heavy atom. The first-order valence-electron chi connectivity index (χ1n) is 5.15. The molecule has 0 bridgehead atoms. The van der Waals surface area contributed by atoms with E-state index in [-0.39, 0.29) is 0 Å². The van der Waals surface area contributed by atoms with Crippen LogP contribution in [0.4, 0.5) is 0 Å². The predicted molar refractivity (Wildman–Crippen MR) is 56.4 cm³/mol. The van der Waals surface area contributed by atoms with Gasteiger partial charge >= 0.3 is 7.12 Å². The molecule has 1 saturated heterocycles. The quantitative estimate of drug-likeness (QED) is 0.606. The topological polar surface area (TPSA) is 69.5 Å². The first-order chi connectivity index (χ1) is 7.25. The van der Waals surface area contributed by atoms with E-state index in [0.29, 0.717) is 5.46 Å². The summed E-state index contributed by atoms with van der Waals surface area (Å²) in [5, 5.41) is 17.7. The summed E-state index contributed by atoms with van der Waals surface area (Å²) in [6, 6.07) is 0. The van der Waals surface area contributed by atoms with Crippen LogP contribution in [0.25, 0.3) is 0 Å². The fourth-order valence-electron chi connectivity index (χ4n) is 1.72. The van der Waals surface area contributed by atoms with Gasteiger partial charge in [0.1, 0.15) is 5.82 Å². The molecule has 0 saturated carbocycles. The van der Waals surface area contributed by atoms with Crippen LogP contribution in [-0.2, 0) is 6.54 Å². The summed E-state index contributed by atoms with van der Waals surface area (Å²) in [5.41, 5.74) is 0.333. The highest BCUT2D eigenvalue weighted by atomic mass is 16.4. The van der Waals surface area contributed by atoms with Crippen molar-refractivity contribution in [1.82, 2.24) is 14.9 Å². The van der Waals surface area contributed by atoms with Gasteiger partial charge in [-0.2, -0.15) is 0 Å². The summed E-state index contributed by atoms with van der Waals surface area (Å²) in [6.45, 7) is 2.96. The highest BCUT2D eigenvalue weighted by molar-refractivity contribution is 6.58. The van der Waals surface area contributed by atoms with Crippen molar-refractivity contribution in [2.24, 2.45) is 0 Å². The monoisotopic (exact) mass is 207 g/mol. The summed E-state index contributed by atoms with van der Waals surface area (Å²) in [6.07, 6.45) is 5.41. The highest BCUT2D eigenvalue weighted by Gasteiger charge is 2.15. The van der Waals surface area contributed by atoms with Crippen LogP contribution in [0.3, 0.4) is 0 Å². The molecule has 2 rings (SSSR count). The SMILES string of the molecule is OB(O)c1cnc(CN2CCCC2)nc1. The molecule has 0 spiro atoms. The van der Waals surface area contributed by atoms with Crippen molar-refractivity contribution >= 4 is 12.6 Å². The third-order valence-corrected chi connectivity index (χ3v) is 2.59. The molecule has 0 amide bonds. The van der Waals surface area contributed by atoms with E-state index in [4.69, 9.17) is 10.0 Å². The minimum Gasteiger partial charge on any atom is -0.423 e. The lowest BCUT2D eigenvalue weighted by atomic mass is 9.83. The van der Waals surface area contributed by atoms with Gasteiger partial charge in [-0.3, -0.25) is 4.90 Å². The Bertz CT molecular complexity index is 312. The zero-order chi connectivity index (χ0) is 10.7.